The van der Waals surface area contributed by atoms with E-state index in [1.807, 2.05) is 11.7 Å². The molecule has 0 aliphatic carbocycles. The van der Waals surface area contributed by atoms with E-state index in [9.17, 15) is 0 Å². The molecule has 0 spiro atoms. The first-order valence-corrected chi connectivity index (χ1v) is 9.44. The summed E-state index contributed by atoms with van der Waals surface area (Å²) in [7, 11) is 4.16. The van der Waals surface area contributed by atoms with Crippen molar-refractivity contribution in [2.45, 2.75) is 52.9 Å². The zero-order valence-electron chi connectivity index (χ0n) is 16.3. The molecule has 3 aromatic rings. The fourth-order valence-corrected chi connectivity index (χ4v) is 3.79. The van der Waals surface area contributed by atoms with E-state index >= 15 is 0 Å². The van der Waals surface area contributed by atoms with Crippen molar-refractivity contribution in [2.24, 2.45) is 14.1 Å². The number of aromatic nitrogens is 3. The van der Waals surface area contributed by atoms with Crippen molar-refractivity contribution in [3.63, 3.8) is 0 Å². The monoisotopic (exact) mass is 336 g/mol. The second kappa shape index (κ2) is 7.38. The molecule has 2 aromatic heterocycles. The first-order valence-electron chi connectivity index (χ1n) is 9.44. The molecule has 25 heavy (non-hydrogen) atoms. The average Bonchev–Trinajstić information content (AvgIpc) is 2.89. The molecule has 0 saturated carbocycles. The molecule has 3 rings (SSSR count). The molecular formula is C22H30N3+. The summed E-state index contributed by atoms with van der Waals surface area (Å²) >= 11 is 0. The first kappa shape index (κ1) is 17.7. The fourth-order valence-electron chi connectivity index (χ4n) is 3.79. The molecule has 3 heteroatoms. The Kier molecular flexibility index (Phi) is 5.22. The van der Waals surface area contributed by atoms with Crippen molar-refractivity contribution >= 4 is 10.8 Å². The zero-order valence-corrected chi connectivity index (χ0v) is 16.3. The molecule has 0 N–H and O–H groups in total. The lowest BCUT2D eigenvalue weighted by Crippen LogP contribution is -2.31. The maximum atomic E-state index is 4.55. The van der Waals surface area contributed by atoms with Gasteiger partial charge in [-0.2, -0.15) is 9.67 Å². The Bertz CT molecular complexity index is 890. The molecule has 0 fully saturated rings. The van der Waals surface area contributed by atoms with E-state index in [1.165, 1.54) is 65.4 Å². The number of hydrogen-bond donors (Lipinski definition) is 0. The Labute approximate surface area is 151 Å². The zero-order chi connectivity index (χ0) is 18.0. The van der Waals surface area contributed by atoms with Crippen LogP contribution in [0.3, 0.4) is 0 Å². The largest absolute Gasteiger partial charge is 0.262 e. The van der Waals surface area contributed by atoms with Gasteiger partial charge >= 0.3 is 0 Å². The second-order valence-electron chi connectivity index (χ2n) is 7.25. The van der Waals surface area contributed by atoms with Crippen LogP contribution < -0.4 is 4.57 Å². The van der Waals surface area contributed by atoms with E-state index in [4.69, 9.17) is 0 Å². The molecule has 0 aliphatic heterocycles. The quantitative estimate of drug-likeness (QED) is 0.468. The van der Waals surface area contributed by atoms with Gasteiger partial charge in [-0.05, 0) is 55.3 Å². The van der Waals surface area contributed by atoms with Crippen LogP contribution in [0.5, 0.6) is 0 Å². The lowest BCUT2D eigenvalue weighted by atomic mass is 9.97. The maximum absolute atomic E-state index is 4.55. The summed E-state index contributed by atoms with van der Waals surface area (Å²) < 4.78 is 4.21. The summed E-state index contributed by atoms with van der Waals surface area (Å²) in [6.45, 7) is 6.55. The van der Waals surface area contributed by atoms with Crippen LogP contribution in [0.2, 0.25) is 0 Å². The summed E-state index contributed by atoms with van der Waals surface area (Å²) in [5.74, 6) is 0. The minimum atomic E-state index is 1.06. The third-order valence-corrected chi connectivity index (χ3v) is 5.08. The summed E-state index contributed by atoms with van der Waals surface area (Å²) in [5.41, 5.74) is 6.30. The SMILES string of the molecule is CCCCCCc1cc(C)c2cc[n+](C)c(-c3cc(C)nn3C)c2c1. The van der Waals surface area contributed by atoms with Crippen molar-refractivity contribution in [1.29, 1.82) is 0 Å². The molecule has 0 radical (unpaired) electrons. The van der Waals surface area contributed by atoms with Gasteiger partial charge in [0, 0.05) is 13.1 Å². The van der Waals surface area contributed by atoms with Gasteiger partial charge in [0.15, 0.2) is 6.20 Å². The fraction of sp³-hybridized carbons (Fsp3) is 0.455. The van der Waals surface area contributed by atoms with Gasteiger partial charge in [0.05, 0.1) is 11.1 Å². The van der Waals surface area contributed by atoms with Crippen LogP contribution in [0, 0.1) is 13.8 Å². The number of benzene rings is 1. The Hall–Kier alpha value is -2.16. The van der Waals surface area contributed by atoms with Gasteiger partial charge in [0.1, 0.15) is 12.7 Å². The van der Waals surface area contributed by atoms with Gasteiger partial charge < -0.3 is 0 Å². The third kappa shape index (κ3) is 3.60. The number of hydrogen-bond acceptors (Lipinski definition) is 1. The molecule has 1 aromatic carbocycles. The normalized spacial score (nSPS) is 11.4. The molecular weight excluding hydrogens is 306 g/mol. The predicted molar refractivity (Wildman–Crippen MR) is 105 cm³/mol. The third-order valence-electron chi connectivity index (χ3n) is 5.08. The smallest absolute Gasteiger partial charge is 0.238 e. The molecule has 0 aliphatic rings. The minimum absolute atomic E-state index is 1.06. The van der Waals surface area contributed by atoms with Crippen LogP contribution in [0.25, 0.3) is 22.2 Å². The van der Waals surface area contributed by atoms with Crippen LogP contribution >= 0.6 is 0 Å². The highest BCUT2D eigenvalue weighted by Crippen LogP contribution is 2.29. The van der Waals surface area contributed by atoms with Crippen molar-refractivity contribution in [1.82, 2.24) is 9.78 Å². The Morgan fingerprint density at radius 1 is 1.04 bits per heavy atom. The van der Waals surface area contributed by atoms with E-state index in [0.717, 1.165) is 5.69 Å². The number of rotatable bonds is 6. The molecule has 0 atom stereocenters. The predicted octanol–water partition coefficient (Wildman–Crippen LogP) is 4.80. The van der Waals surface area contributed by atoms with E-state index in [2.05, 4.69) is 67.9 Å². The number of fused-ring (bicyclic) bond motifs is 1. The van der Waals surface area contributed by atoms with Crippen LogP contribution in [0.4, 0.5) is 0 Å². The van der Waals surface area contributed by atoms with Gasteiger partial charge in [-0.1, -0.05) is 32.3 Å². The van der Waals surface area contributed by atoms with E-state index in [0.29, 0.717) is 0 Å². The van der Waals surface area contributed by atoms with Crippen LogP contribution in [0.15, 0.2) is 30.5 Å². The number of aryl methyl sites for hydroxylation is 5. The standard InChI is InChI=1S/C22H30N3/c1-6-7-8-9-10-18-13-16(2)19-11-12-24(4)22(20(19)15-18)21-14-17(3)23-25(21)5/h11-15H,6-10H2,1-5H3/q+1. The van der Waals surface area contributed by atoms with Crippen LogP contribution in [0.1, 0.15) is 49.4 Å². The van der Waals surface area contributed by atoms with E-state index in [-0.39, 0.29) is 0 Å². The topological polar surface area (TPSA) is 21.7 Å². The Morgan fingerprint density at radius 2 is 1.84 bits per heavy atom. The van der Waals surface area contributed by atoms with E-state index in [1.54, 1.807) is 0 Å². The number of unbranched alkanes of at least 4 members (excludes halogenated alkanes) is 3. The van der Waals surface area contributed by atoms with Gasteiger partial charge in [0.2, 0.25) is 5.69 Å². The van der Waals surface area contributed by atoms with Crippen molar-refractivity contribution in [3.8, 4) is 11.4 Å². The summed E-state index contributed by atoms with van der Waals surface area (Å²) in [6.07, 6.45) is 8.55. The van der Waals surface area contributed by atoms with Gasteiger partial charge in [-0.15, -0.1) is 0 Å². The van der Waals surface area contributed by atoms with Gasteiger partial charge in [-0.25, -0.2) is 0 Å². The van der Waals surface area contributed by atoms with Crippen molar-refractivity contribution in [2.75, 3.05) is 0 Å². The maximum Gasteiger partial charge on any atom is 0.238 e. The highest BCUT2D eigenvalue weighted by atomic mass is 15.3. The minimum Gasteiger partial charge on any atom is -0.262 e. The summed E-state index contributed by atoms with van der Waals surface area (Å²) in [6, 6.07) is 9.18. The molecule has 0 amide bonds. The lowest BCUT2D eigenvalue weighted by molar-refractivity contribution is -0.659. The summed E-state index contributed by atoms with van der Waals surface area (Å²) in [5, 5.41) is 7.22. The van der Waals surface area contributed by atoms with Gasteiger partial charge in [-0.3, -0.25) is 4.68 Å². The van der Waals surface area contributed by atoms with Crippen LogP contribution in [-0.4, -0.2) is 9.78 Å². The van der Waals surface area contributed by atoms with Crippen LogP contribution in [-0.2, 0) is 20.5 Å². The second-order valence-corrected chi connectivity index (χ2v) is 7.25. The van der Waals surface area contributed by atoms with Crippen molar-refractivity contribution in [3.05, 3.63) is 47.3 Å². The molecule has 0 unspecified atom stereocenters. The average molecular weight is 337 g/mol. The number of pyridine rings is 1. The lowest BCUT2D eigenvalue weighted by Gasteiger charge is -2.10. The molecule has 132 valence electrons. The highest BCUT2D eigenvalue weighted by molar-refractivity contribution is 5.94. The molecule has 0 saturated heterocycles. The Balaban J connectivity index is 2.11. The summed E-state index contributed by atoms with van der Waals surface area (Å²) in [4.78, 5) is 0. The molecule has 3 nitrogen and oxygen atoms in total. The number of nitrogens with zero attached hydrogens (tertiary/aromatic N) is 3. The van der Waals surface area contributed by atoms with E-state index < -0.39 is 0 Å². The molecule has 0 bridgehead atoms. The highest BCUT2D eigenvalue weighted by Gasteiger charge is 2.20. The molecule has 2 heterocycles. The van der Waals surface area contributed by atoms with Gasteiger partial charge in [0.25, 0.3) is 0 Å². The first-order chi connectivity index (χ1) is 12.0. The van der Waals surface area contributed by atoms with Crippen molar-refractivity contribution < 1.29 is 4.57 Å². The Morgan fingerprint density at radius 3 is 2.52 bits per heavy atom.